The number of nitrogens with one attached hydrogen (secondary N) is 1. The molecule has 0 bridgehead atoms. The molecular formula is C20H20N3O3P. The predicted molar refractivity (Wildman–Crippen MR) is 110 cm³/mol. The number of hydroxylamine groups is 1. The molecule has 1 heterocycles. The van der Waals surface area contributed by atoms with Gasteiger partial charge in [0.2, 0.25) is 0 Å². The fourth-order valence-electron chi connectivity index (χ4n) is 3.17. The molecule has 3 aromatic rings. The van der Waals surface area contributed by atoms with Crippen molar-refractivity contribution in [2.75, 3.05) is 0 Å². The van der Waals surface area contributed by atoms with Gasteiger partial charge in [-0.2, -0.15) is 0 Å². The maximum atomic E-state index is 13.3. The van der Waals surface area contributed by atoms with Crippen LogP contribution in [0.1, 0.15) is 22.5 Å². The van der Waals surface area contributed by atoms with Crippen molar-refractivity contribution >= 4 is 37.4 Å². The summed E-state index contributed by atoms with van der Waals surface area (Å²) in [6, 6.07) is 9.39. The largest absolute Gasteiger partial charge is 0.288 e. The average Bonchev–Trinajstić information content (AvgIpc) is 2.63. The second-order valence-corrected chi connectivity index (χ2v) is 6.98. The Morgan fingerprint density at radius 3 is 2.52 bits per heavy atom. The highest BCUT2D eigenvalue weighted by molar-refractivity contribution is 7.28. The van der Waals surface area contributed by atoms with Crippen LogP contribution in [0.15, 0.2) is 41.2 Å². The number of nitrogens with zero attached hydrogens (tertiary/aromatic N) is 2. The van der Waals surface area contributed by atoms with Gasteiger partial charge < -0.3 is 0 Å². The molecule has 6 nitrogen and oxygen atoms in total. The molecule has 0 aliphatic heterocycles. The van der Waals surface area contributed by atoms with Crippen LogP contribution >= 0.6 is 9.24 Å². The number of hydrogen-bond acceptors (Lipinski definition) is 4. The smallest absolute Gasteiger partial charge is 0.267 e. The Labute approximate surface area is 158 Å². The topological polar surface area (TPSA) is 84.2 Å². The number of aryl methyl sites for hydroxylation is 3. The lowest BCUT2D eigenvalue weighted by Crippen LogP contribution is -2.25. The van der Waals surface area contributed by atoms with E-state index in [1.807, 2.05) is 45.0 Å². The van der Waals surface area contributed by atoms with Gasteiger partial charge in [0, 0.05) is 6.08 Å². The summed E-state index contributed by atoms with van der Waals surface area (Å²) in [5, 5.41) is 9.82. The van der Waals surface area contributed by atoms with Gasteiger partial charge in [-0.05, 0) is 61.0 Å². The van der Waals surface area contributed by atoms with Crippen molar-refractivity contribution in [2.24, 2.45) is 0 Å². The van der Waals surface area contributed by atoms with Crippen LogP contribution in [0.25, 0.3) is 22.7 Å². The Balaban J connectivity index is 2.31. The third-order valence-corrected chi connectivity index (χ3v) is 4.83. The van der Waals surface area contributed by atoms with Crippen molar-refractivity contribution in [2.45, 2.75) is 20.8 Å². The molecule has 1 unspecified atom stereocenters. The highest BCUT2D eigenvalue weighted by Gasteiger charge is 2.15. The Morgan fingerprint density at radius 1 is 1.22 bits per heavy atom. The highest BCUT2D eigenvalue weighted by Crippen LogP contribution is 2.20. The Morgan fingerprint density at radius 2 is 1.89 bits per heavy atom. The minimum atomic E-state index is -0.643. The van der Waals surface area contributed by atoms with Crippen LogP contribution in [-0.4, -0.2) is 20.7 Å². The molecule has 138 valence electrons. The van der Waals surface area contributed by atoms with Gasteiger partial charge >= 0.3 is 0 Å². The lowest BCUT2D eigenvalue weighted by Gasteiger charge is -2.16. The van der Waals surface area contributed by atoms with Gasteiger partial charge in [-0.3, -0.25) is 19.4 Å². The average molecular weight is 381 g/mol. The van der Waals surface area contributed by atoms with E-state index in [1.165, 1.54) is 17.6 Å². The van der Waals surface area contributed by atoms with E-state index in [0.29, 0.717) is 22.3 Å². The van der Waals surface area contributed by atoms with Crippen LogP contribution in [0.3, 0.4) is 0 Å². The number of amides is 1. The minimum absolute atomic E-state index is 0.166. The number of fused-ring (bicyclic) bond motifs is 1. The predicted octanol–water partition coefficient (Wildman–Crippen LogP) is 2.33. The van der Waals surface area contributed by atoms with E-state index in [9.17, 15) is 9.59 Å². The molecule has 0 aliphatic rings. The summed E-state index contributed by atoms with van der Waals surface area (Å²) in [6.07, 6.45) is 2.72. The van der Waals surface area contributed by atoms with E-state index in [2.05, 4.69) is 14.2 Å². The van der Waals surface area contributed by atoms with E-state index in [0.717, 1.165) is 22.1 Å². The number of para-hydroxylation sites is 1. The number of benzene rings is 2. The third kappa shape index (κ3) is 3.54. The van der Waals surface area contributed by atoms with Crippen molar-refractivity contribution < 1.29 is 10.0 Å². The summed E-state index contributed by atoms with van der Waals surface area (Å²) >= 11 is 0. The first-order valence-corrected chi connectivity index (χ1v) is 8.93. The first-order chi connectivity index (χ1) is 12.8. The molecule has 7 heteroatoms. The number of aromatic nitrogens is 2. The molecule has 0 radical (unpaired) electrons. The molecule has 2 aromatic carbocycles. The van der Waals surface area contributed by atoms with E-state index in [1.54, 1.807) is 10.6 Å². The Bertz CT molecular complexity index is 1130. The SMILES string of the molecule is Cc1cccc(C)c1-n1c(C)nc2c(P)cc(/C=C/C(=O)NO)cc2c1=O. The minimum Gasteiger partial charge on any atom is -0.288 e. The molecule has 27 heavy (non-hydrogen) atoms. The monoisotopic (exact) mass is 381 g/mol. The summed E-state index contributed by atoms with van der Waals surface area (Å²) in [5.41, 5.74) is 5.45. The molecule has 3 rings (SSSR count). The van der Waals surface area contributed by atoms with Gasteiger partial charge in [-0.25, -0.2) is 10.5 Å². The van der Waals surface area contributed by atoms with Crippen molar-refractivity contribution in [1.82, 2.24) is 15.0 Å². The molecule has 0 spiro atoms. The van der Waals surface area contributed by atoms with E-state index >= 15 is 0 Å². The third-order valence-electron chi connectivity index (χ3n) is 4.39. The van der Waals surface area contributed by atoms with Crippen LogP contribution in [0.4, 0.5) is 0 Å². The first kappa shape index (κ1) is 19.0. The summed E-state index contributed by atoms with van der Waals surface area (Å²) in [4.78, 5) is 29.2. The van der Waals surface area contributed by atoms with Crippen LogP contribution in [0.2, 0.25) is 0 Å². The summed E-state index contributed by atoms with van der Waals surface area (Å²) < 4.78 is 1.63. The molecule has 0 saturated carbocycles. The van der Waals surface area contributed by atoms with Crippen molar-refractivity contribution in [3.8, 4) is 5.69 Å². The van der Waals surface area contributed by atoms with Gasteiger partial charge in [0.05, 0.1) is 16.6 Å². The molecule has 0 saturated heterocycles. The van der Waals surface area contributed by atoms with E-state index in [4.69, 9.17) is 5.21 Å². The zero-order valence-electron chi connectivity index (χ0n) is 15.3. The number of carbonyl (C=O) groups is 1. The molecule has 1 aromatic heterocycles. The molecular weight excluding hydrogens is 361 g/mol. The maximum absolute atomic E-state index is 13.3. The Hall–Kier alpha value is -2.82. The van der Waals surface area contributed by atoms with Crippen molar-refractivity contribution in [1.29, 1.82) is 0 Å². The normalized spacial score (nSPS) is 11.3. The zero-order valence-corrected chi connectivity index (χ0v) is 16.4. The maximum Gasteiger partial charge on any atom is 0.267 e. The van der Waals surface area contributed by atoms with Gasteiger partial charge in [-0.15, -0.1) is 9.24 Å². The van der Waals surface area contributed by atoms with E-state index in [-0.39, 0.29) is 5.56 Å². The zero-order chi connectivity index (χ0) is 19.7. The van der Waals surface area contributed by atoms with Gasteiger partial charge in [0.1, 0.15) is 5.82 Å². The molecule has 0 fully saturated rings. The van der Waals surface area contributed by atoms with Crippen LogP contribution in [0.5, 0.6) is 0 Å². The van der Waals surface area contributed by atoms with Crippen LogP contribution in [-0.2, 0) is 4.79 Å². The molecule has 2 N–H and O–H groups in total. The number of hydrogen-bond donors (Lipinski definition) is 2. The molecule has 1 atom stereocenters. The summed E-state index contributed by atoms with van der Waals surface area (Å²) in [5.74, 6) is -0.0352. The van der Waals surface area contributed by atoms with E-state index < -0.39 is 5.91 Å². The second-order valence-electron chi connectivity index (χ2n) is 6.36. The van der Waals surface area contributed by atoms with Gasteiger partial charge in [0.15, 0.2) is 0 Å². The quantitative estimate of drug-likeness (QED) is 0.316. The van der Waals surface area contributed by atoms with Gasteiger partial charge in [0.25, 0.3) is 11.5 Å². The van der Waals surface area contributed by atoms with Crippen molar-refractivity contribution in [3.05, 3.63) is 69.3 Å². The first-order valence-electron chi connectivity index (χ1n) is 8.35. The summed E-state index contributed by atoms with van der Waals surface area (Å²) in [7, 11) is 2.58. The lowest BCUT2D eigenvalue weighted by molar-refractivity contribution is -0.124. The van der Waals surface area contributed by atoms with Crippen LogP contribution < -0.4 is 16.3 Å². The fourth-order valence-corrected chi connectivity index (χ4v) is 3.59. The second kappa shape index (κ2) is 7.43. The van der Waals surface area contributed by atoms with Crippen molar-refractivity contribution in [3.63, 3.8) is 0 Å². The molecule has 1 amide bonds. The standard InChI is InChI=1S/C20H20N3O3P/c1-11-5-4-6-12(2)19(11)23-13(3)21-18-15(20(23)25)9-14(10-16(18)27)7-8-17(24)22-26/h4-10,26H,27H2,1-3H3,(H,22,24)/b8-7+. The number of carbonyl (C=O) groups excluding carboxylic acids is 1. The van der Waals surface area contributed by atoms with Crippen LogP contribution in [0, 0.1) is 20.8 Å². The lowest BCUT2D eigenvalue weighted by atomic mass is 10.1. The van der Waals surface area contributed by atoms with Gasteiger partial charge in [-0.1, -0.05) is 18.2 Å². The number of rotatable bonds is 3. The Kier molecular flexibility index (Phi) is 5.22. The summed E-state index contributed by atoms with van der Waals surface area (Å²) in [6.45, 7) is 5.74. The molecule has 0 aliphatic carbocycles. The fraction of sp³-hybridized carbons (Fsp3) is 0.150. The highest BCUT2D eigenvalue weighted by atomic mass is 31.0.